The third kappa shape index (κ3) is 4.82. The molecule has 0 aliphatic rings. The maximum Gasteiger partial charge on any atom is 0.412 e. The summed E-state index contributed by atoms with van der Waals surface area (Å²) in [6.07, 6.45) is 2.40. The number of imidazole rings is 1. The topological polar surface area (TPSA) is 122 Å². The van der Waals surface area contributed by atoms with Crippen molar-refractivity contribution < 1.29 is 14.3 Å². The summed E-state index contributed by atoms with van der Waals surface area (Å²) in [6.45, 7) is 2.61. The lowest BCUT2D eigenvalue weighted by atomic mass is 10.3. The molecule has 11 nitrogen and oxygen atoms in total. The predicted octanol–water partition coefficient (Wildman–Crippen LogP) is 3.26. The summed E-state index contributed by atoms with van der Waals surface area (Å²) in [5.74, 6) is 0.862. The number of aryl methyl sites for hydroxylation is 1. The number of hydrogen-bond acceptors (Lipinski definition) is 8. The molecule has 0 fully saturated rings. The lowest BCUT2D eigenvalue weighted by Crippen LogP contribution is -2.16. The molecule has 1 amide bonds. The number of nitrogens with one attached hydrogen (secondary N) is 1. The van der Waals surface area contributed by atoms with Gasteiger partial charge in [0.15, 0.2) is 0 Å². The van der Waals surface area contributed by atoms with Gasteiger partial charge in [0.25, 0.3) is 5.95 Å². The summed E-state index contributed by atoms with van der Waals surface area (Å²) in [6, 6.07) is 13.2. The molecule has 0 spiro atoms. The molecule has 4 rings (SSSR count). The third-order valence-corrected chi connectivity index (χ3v) is 4.69. The van der Waals surface area contributed by atoms with Gasteiger partial charge < -0.3 is 9.47 Å². The number of unbranched alkanes of at least 4 members (excludes halogenated alkanes) is 2. The number of amides is 1. The van der Waals surface area contributed by atoms with Gasteiger partial charge in [-0.3, -0.25) is 5.32 Å². The van der Waals surface area contributed by atoms with E-state index in [1.807, 2.05) is 24.3 Å². The van der Waals surface area contributed by atoms with Crippen molar-refractivity contribution in [3.05, 3.63) is 48.2 Å². The number of tetrazole rings is 1. The number of fused-ring (bicyclic) bond motifs is 1. The van der Waals surface area contributed by atoms with Crippen molar-refractivity contribution >= 4 is 22.9 Å². The Morgan fingerprint density at radius 3 is 2.78 bits per heavy atom. The second-order valence-electron chi connectivity index (χ2n) is 7.09. The molecule has 166 valence electrons. The molecule has 32 heavy (non-hydrogen) atoms. The Balaban J connectivity index is 1.47. The van der Waals surface area contributed by atoms with Crippen molar-refractivity contribution in [1.82, 2.24) is 34.7 Å². The second-order valence-corrected chi connectivity index (χ2v) is 7.09. The molecule has 0 aliphatic carbocycles. The summed E-state index contributed by atoms with van der Waals surface area (Å²) in [5.41, 5.74) is 2.18. The number of anilines is 1. The van der Waals surface area contributed by atoms with Gasteiger partial charge in [0, 0.05) is 7.05 Å². The number of carbonyl (C=O) groups is 1. The number of carbonyl (C=O) groups excluding carboxylic acids is 1. The first-order valence-electron chi connectivity index (χ1n) is 10.4. The number of aromatic nitrogens is 7. The van der Waals surface area contributed by atoms with Crippen molar-refractivity contribution in [3.63, 3.8) is 0 Å². The summed E-state index contributed by atoms with van der Waals surface area (Å²) in [5, 5.41) is 14.3. The zero-order valence-electron chi connectivity index (χ0n) is 17.9. The highest BCUT2D eigenvalue weighted by Gasteiger charge is 2.18. The van der Waals surface area contributed by atoms with E-state index in [4.69, 9.17) is 9.47 Å². The lowest BCUT2D eigenvalue weighted by Gasteiger charge is -2.10. The van der Waals surface area contributed by atoms with Crippen molar-refractivity contribution in [2.24, 2.45) is 7.05 Å². The molecule has 0 saturated carbocycles. The van der Waals surface area contributed by atoms with Gasteiger partial charge in [-0.15, -0.1) is 0 Å². The fraction of sp³-hybridized carbons (Fsp3) is 0.333. The van der Waals surface area contributed by atoms with E-state index in [9.17, 15) is 4.79 Å². The lowest BCUT2D eigenvalue weighted by molar-refractivity contribution is 0.159. The SMILES string of the molecule is CCCCCOC(=O)Nc1cccc(COc2nc3ccccc3n2-c2nnnn2C)n1. The maximum absolute atomic E-state index is 11.9. The molecule has 0 atom stereocenters. The van der Waals surface area contributed by atoms with Crippen LogP contribution in [0.3, 0.4) is 0 Å². The van der Waals surface area contributed by atoms with Crippen LogP contribution in [0, 0.1) is 0 Å². The first-order valence-corrected chi connectivity index (χ1v) is 10.4. The molecule has 1 aromatic carbocycles. The number of ether oxygens (including phenoxy) is 2. The molecular formula is C21H24N8O3. The highest BCUT2D eigenvalue weighted by atomic mass is 16.5. The van der Waals surface area contributed by atoms with Gasteiger partial charge in [0.2, 0.25) is 0 Å². The monoisotopic (exact) mass is 436 g/mol. The summed E-state index contributed by atoms with van der Waals surface area (Å²) in [7, 11) is 1.74. The van der Waals surface area contributed by atoms with Gasteiger partial charge in [-0.1, -0.05) is 43.1 Å². The van der Waals surface area contributed by atoms with Gasteiger partial charge in [-0.05, 0) is 41.1 Å². The van der Waals surface area contributed by atoms with Gasteiger partial charge in [0.1, 0.15) is 12.4 Å². The van der Waals surface area contributed by atoms with E-state index in [0.717, 1.165) is 30.3 Å². The van der Waals surface area contributed by atoms with Gasteiger partial charge >= 0.3 is 12.1 Å². The average molecular weight is 436 g/mol. The smallest absolute Gasteiger partial charge is 0.412 e. The minimum Gasteiger partial charge on any atom is -0.458 e. The van der Waals surface area contributed by atoms with Crippen LogP contribution in [0.1, 0.15) is 31.9 Å². The molecule has 0 saturated heterocycles. The molecule has 0 bridgehead atoms. The number of hydrogen-bond donors (Lipinski definition) is 1. The molecule has 4 aromatic rings. The fourth-order valence-electron chi connectivity index (χ4n) is 3.13. The van der Waals surface area contributed by atoms with Crippen LogP contribution in [0.4, 0.5) is 10.6 Å². The number of benzene rings is 1. The van der Waals surface area contributed by atoms with E-state index in [2.05, 4.69) is 37.7 Å². The normalized spacial score (nSPS) is 10.9. The average Bonchev–Trinajstić information content (AvgIpc) is 3.38. The first-order chi connectivity index (χ1) is 15.7. The van der Waals surface area contributed by atoms with Crippen LogP contribution >= 0.6 is 0 Å². The first kappa shape index (κ1) is 21.2. The highest BCUT2D eigenvalue weighted by Crippen LogP contribution is 2.25. The zero-order chi connectivity index (χ0) is 22.3. The summed E-state index contributed by atoms with van der Waals surface area (Å²) < 4.78 is 14.4. The Morgan fingerprint density at radius 2 is 1.97 bits per heavy atom. The Hall–Kier alpha value is -4.02. The molecule has 3 heterocycles. The Labute approximate surface area is 184 Å². The predicted molar refractivity (Wildman–Crippen MR) is 116 cm³/mol. The Bertz CT molecular complexity index is 1200. The molecule has 0 aliphatic heterocycles. The van der Waals surface area contributed by atoms with Crippen LogP contribution in [0.5, 0.6) is 6.01 Å². The fourth-order valence-corrected chi connectivity index (χ4v) is 3.13. The molecule has 0 radical (unpaired) electrons. The minimum atomic E-state index is -0.525. The molecule has 11 heteroatoms. The van der Waals surface area contributed by atoms with Crippen LogP contribution in [0.2, 0.25) is 0 Å². The molecule has 3 aromatic heterocycles. The number of nitrogens with zero attached hydrogens (tertiary/aromatic N) is 7. The summed E-state index contributed by atoms with van der Waals surface area (Å²) >= 11 is 0. The van der Waals surface area contributed by atoms with Crippen molar-refractivity contribution in [2.45, 2.75) is 32.8 Å². The van der Waals surface area contributed by atoms with Crippen LogP contribution < -0.4 is 10.1 Å². The third-order valence-electron chi connectivity index (χ3n) is 4.69. The van der Waals surface area contributed by atoms with Crippen LogP contribution in [0.25, 0.3) is 17.0 Å². The largest absolute Gasteiger partial charge is 0.458 e. The second kappa shape index (κ2) is 9.86. The van der Waals surface area contributed by atoms with Crippen molar-refractivity contribution in [1.29, 1.82) is 0 Å². The number of pyridine rings is 1. The van der Waals surface area contributed by atoms with Crippen molar-refractivity contribution in [3.8, 4) is 12.0 Å². The van der Waals surface area contributed by atoms with E-state index >= 15 is 0 Å². The molecule has 0 unspecified atom stereocenters. The Kier molecular flexibility index (Phi) is 6.54. The number of rotatable bonds is 9. The quantitative estimate of drug-likeness (QED) is 0.397. The van der Waals surface area contributed by atoms with Crippen LogP contribution in [0.15, 0.2) is 42.5 Å². The highest BCUT2D eigenvalue weighted by molar-refractivity contribution is 5.83. The Morgan fingerprint density at radius 1 is 1.09 bits per heavy atom. The standard InChI is InChI=1S/C21H24N8O3/c1-3-4-7-13-31-21(30)24-18-12-8-9-15(22-18)14-32-20-23-16-10-5-6-11-17(16)29(20)19-25-26-27-28(19)2/h5-6,8-12H,3-4,7,13-14H2,1-2H3,(H,22,24,30). The van der Waals surface area contributed by atoms with E-state index < -0.39 is 6.09 Å². The van der Waals surface area contributed by atoms with E-state index in [1.54, 1.807) is 29.8 Å². The van der Waals surface area contributed by atoms with Crippen LogP contribution in [-0.4, -0.2) is 47.4 Å². The van der Waals surface area contributed by atoms with Crippen molar-refractivity contribution in [2.75, 3.05) is 11.9 Å². The number of para-hydroxylation sites is 2. The molecule has 1 N–H and O–H groups in total. The molecular weight excluding hydrogens is 412 g/mol. The van der Waals surface area contributed by atoms with E-state index in [1.165, 1.54) is 4.68 Å². The zero-order valence-corrected chi connectivity index (χ0v) is 17.9. The minimum absolute atomic E-state index is 0.135. The van der Waals surface area contributed by atoms with Crippen LogP contribution in [-0.2, 0) is 18.4 Å². The van der Waals surface area contributed by atoms with Gasteiger partial charge in [-0.2, -0.15) is 4.98 Å². The van der Waals surface area contributed by atoms with Gasteiger partial charge in [0.05, 0.1) is 23.3 Å². The van der Waals surface area contributed by atoms with E-state index in [0.29, 0.717) is 30.1 Å². The maximum atomic E-state index is 11.9. The summed E-state index contributed by atoms with van der Waals surface area (Å²) in [4.78, 5) is 20.9. The van der Waals surface area contributed by atoms with E-state index in [-0.39, 0.29) is 6.61 Å². The van der Waals surface area contributed by atoms with Gasteiger partial charge in [-0.25, -0.2) is 19.0 Å².